The lowest BCUT2D eigenvalue weighted by atomic mass is 10.1. The Kier molecular flexibility index (Phi) is 3.28. The Morgan fingerprint density at radius 3 is 2.75 bits per heavy atom. The second-order valence-corrected chi connectivity index (χ2v) is 5.06. The number of anilines is 1. The largest absolute Gasteiger partial charge is 0.478 e. The molecule has 0 radical (unpaired) electrons. The van der Waals surface area contributed by atoms with Crippen LogP contribution in [0.4, 0.5) is 5.69 Å². The maximum Gasteiger partial charge on any atom is 0.335 e. The predicted octanol–water partition coefficient (Wildman–Crippen LogP) is 1.65. The van der Waals surface area contributed by atoms with Gasteiger partial charge >= 0.3 is 5.97 Å². The number of carbonyl (C=O) groups is 1. The Morgan fingerprint density at radius 2 is 2.05 bits per heavy atom. The van der Waals surface area contributed by atoms with Crippen molar-refractivity contribution in [3.8, 4) is 0 Å². The summed E-state index contributed by atoms with van der Waals surface area (Å²) in [6.07, 6.45) is 0. The number of piperazine rings is 1. The van der Waals surface area contributed by atoms with Crippen LogP contribution in [-0.4, -0.2) is 42.2 Å². The molecule has 1 fully saturated rings. The highest BCUT2D eigenvalue weighted by molar-refractivity contribution is 5.98. The van der Waals surface area contributed by atoms with Gasteiger partial charge in [-0.1, -0.05) is 0 Å². The first-order chi connectivity index (χ1) is 9.65. The van der Waals surface area contributed by atoms with Crippen LogP contribution in [0.3, 0.4) is 0 Å². The number of fused-ring (bicyclic) bond motifs is 1. The Bertz CT molecular complexity index is 663. The summed E-state index contributed by atoms with van der Waals surface area (Å²) >= 11 is 0. The number of aryl methyl sites for hydroxylation is 1. The van der Waals surface area contributed by atoms with E-state index in [1.54, 1.807) is 18.2 Å². The molecular weight excluding hydrogens is 254 g/mol. The number of nitrogens with zero attached hydrogens (tertiary/aromatic N) is 2. The van der Waals surface area contributed by atoms with Crippen molar-refractivity contribution in [1.29, 1.82) is 0 Å². The van der Waals surface area contributed by atoms with E-state index in [4.69, 9.17) is 5.11 Å². The average Bonchev–Trinajstić information content (AvgIpc) is 2.46. The summed E-state index contributed by atoms with van der Waals surface area (Å²) in [6, 6.07) is 7.16. The van der Waals surface area contributed by atoms with Crippen LogP contribution < -0.4 is 10.2 Å². The summed E-state index contributed by atoms with van der Waals surface area (Å²) in [5.41, 5.74) is 3.19. The van der Waals surface area contributed by atoms with Crippen LogP contribution in [0, 0.1) is 6.92 Å². The number of carboxylic acids is 1. The topological polar surface area (TPSA) is 65.5 Å². The van der Waals surface area contributed by atoms with Crippen molar-refractivity contribution in [2.24, 2.45) is 0 Å². The van der Waals surface area contributed by atoms with Gasteiger partial charge in [-0.3, -0.25) is 4.98 Å². The molecule has 0 unspecified atom stereocenters. The molecule has 0 aliphatic carbocycles. The van der Waals surface area contributed by atoms with E-state index in [1.165, 1.54) is 0 Å². The number of nitrogens with one attached hydrogen (secondary N) is 1. The minimum atomic E-state index is -0.904. The van der Waals surface area contributed by atoms with Crippen LogP contribution in [0.5, 0.6) is 0 Å². The second-order valence-electron chi connectivity index (χ2n) is 5.06. The minimum absolute atomic E-state index is 0.305. The molecule has 0 bridgehead atoms. The lowest BCUT2D eigenvalue weighted by molar-refractivity contribution is 0.0697. The lowest BCUT2D eigenvalue weighted by Gasteiger charge is -2.30. The maximum absolute atomic E-state index is 11.2. The summed E-state index contributed by atoms with van der Waals surface area (Å²) in [5.74, 6) is -0.904. The normalized spacial score (nSPS) is 15.6. The Hall–Kier alpha value is -2.14. The smallest absolute Gasteiger partial charge is 0.335 e. The number of benzene rings is 1. The van der Waals surface area contributed by atoms with Crippen LogP contribution in [0.25, 0.3) is 10.9 Å². The van der Waals surface area contributed by atoms with Gasteiger partial charge in [0.15, 0.2) is 0 Å². The van der Waals surface area contributed by atoms with E-state index in [1.807, 2.05) is 13.0 Å². The molecule has 0 atom stereocenters. The van der Waals surface area contributed by atoms with E-state index in [9.17, 15) is 4.79 Å². The van der Waals surface area contributed by atoms with Crippen molar-refractivity contribution < 1.29 is 9.90 Å². The number of pyridine rings is 1. The van der Waals surface area contributed by atoms with Gasteiger partial charge in [-0.25, -0.2) is 4.79 Å². The molecule has 2 aromatic rings. The molecule has 5 heteroatoms. The summed E-state index contributed by atoms with van der Waals surface area (Å²) in [4.78, 5) is 17.9. The van der Waals surface area contributed by atoms with Crippen LogP contribution in [0.1, 0.15) is 16.1 Å². The van der Waals surface area contributed by atoms with Gasteiger partial charge in [-0.2, -0.15) is 0 Å². The summed E-state index contributed by atoms with van der Waals surface area (Å²) in [5, 5.41) is 13.4. The fourth-order valence-corrected chi connectivity index (χ4v) is 2.64. The van der Waals surface area contributed by atoms with Gasteiger partial charge in [0.1, 0.15) is 0 Å². The first-order valence-electron chi connectivity index (χ1n) is 6.75. The van der Waals surface area contributed by atoms with Gasteiger partial charge in [0.05, 0.1) is 11.1 Å². The SMILES string of the molecule is Cc1cc(N2CCNCC2)c2cc(C(=O)O)ccc2n1. The number of aromatic nitrogens is 1. The number of carboxylic acid groups (broad SMARTS) is 1. The monoisotopic (exact) mass is 271 g/mol. The Morgan fingerprint density at radius 1 is 1.30 bits per heavy atom. The quantitative estimate of drug-likeness (QED) is 0.869. The standard InChI is InChI=1S/C15H17N3O2/c1-10-8-14(18-6-4-16-5-7-18)12-9-11(15(19)20)2-3-13(12)17-10/h2-3,8-9,16H,4-7H2,1H3,(H,19,20). The molecule has 0 saturated carbocycles. The van der Waals surface area contributed by atoms with Crippen molar-refractivity contribution in [3.05, 3.63) is 35.5 Å². The van der Waals surface area contributed by atoms with E-state index in [0.717, 1.165) is 48.5 Å². The van der Waals surface area contributed by atoms with Crippen LogP contribution in [-0.2, 0) is 0 Å². The highest BCUT2D eigenvalue weighted by Gasteiger charge is 2.15. The molecule has 0 spiro atoms. The zero-order valence-electron chi connectivity index (χ0n) is 11.4. The summed E-state index contributed by atoms with van der Waals surface area (Å²) in [6.45, 7) is 5.71. The summed E-state index contributed by atoms with van der Waals surface area (Å²) < 4.78 is 0. The van der Waals surface area contributed by atoms with Gasteiger partial charge < -0.3 is 15.3 Å². The van der Waals surface area contributed by atoms with Crippen LogP contribution in [0.2, 0.25) is 0 Å². The molecule has 20 heavy (non-hydrogen) atoms. The maximum atomic E-state index is 11.2. The van der Waals surface area contributed by atoms with E-state index < -0.39 is 5.97 Å². The average molecular weight is 271 g/mol. The Labute approximate surface area is 117 Å². The molecule has 1 aromatic carbocycles. The van der Waals surface area contributed by atoms with Gasteiger partial charge in [0, 0.05) is 42.9 Å². The third kappa shape index (κ3) is 2.32. The molecule has 2 N–H and O–H groups in total. The lowest BCUT2D eigenvalue weighted by Crippen LogP contribution is -2.43. The van der Waals surface area contributed by atoms with Gasteiger partial charge in [0.2, 0.25) is 0 Å². The second kappa shape index (κ2) is 5.09. The van der Waals surface area contributed by atoms with Crippen LogP contribution in [0.15, 0.2) is 24.3 Å². The van der Waals surface area contributed by atoms with E-state index in [0.29, 0.717) is 5.56 Å². The third-order valence-corrected chi connectivity index (χ3v) is 3.62. The molecular formula is C15H17N3O2. The number of rotatable bonds is 2. The Balaban J connectivity index is 2.16. The van der Waals surface area contributed by atoms with Gasteiger partial charge in [0.25, 0.3) is 0 Å². The molecule has 1 saturated heterocycles. The van der Waals surface area contributed by atoms with Crippen LogP contribution >= 0.6 is 0 Å². The molecule has 3 rings (SSSR count). The molecule has 104 valence electrons. The highest BCUT2D eigenvalue weighted by Crippen LogP contribution is 2.28. The number of hydrogen-bond acceptors (Lipinski definition) is 4. The molecule has 5 nitrogen and oxygen atoms in total. The van der Waals surface area contributed by atoms with Crippen molar-refractivity contribution >= 4 is 22.6 Å². The predicted molar refractivity (Wildman–Crippen MR) is 78.5 cm³/mol. The molecule has 0 amide bonds. The van der Waals surface area contributed by atoms with Crippen molar-refractivity contribution in [1.82, 2.24) is 10.3 Å². The van der Waals surface area contributed by atoms with Crippen molar-refractivity contribution in [3.63, 3.8) is 0 Å². The number of aromatic carboxylic acids is 1. The van der Waals surface area contributed by atoms with Crippen molar-refractivity contribution in [2.75, 3.05) is 31.1 Å². The zero-order chi connectivity index (χ0) is 14.1. The minimum Gasteiger partial charge on any atom is -0.478 e. The first-order valence-corrected chi connectivity index (χ1v) is 6.75. The molecule has 2 heterocycles. The molecule has 1 aliphatic heterocycles. The van der Waals surface area contributed by atoms with Gasteiger partial charge in [-0.05, 0) is 31.2 Å². The summed E-state index contributed by atoms with van der Waals surface area (Å²) in [7, 11) is 0. The third-order valence-electron chi connectivity index (χ3n) is 3.62. The van der Waals surface area contributed by atoms with Crippen molar-refractivity contribution in [2.45, 2.75) is 6.92 Å². The fraction of sp³-hybridized carbons (Fsp3) is 0.333. The zero-order valence-corrected chi connectivity index (χ0v) is 11.4. The van der Waals surface area contributed by atoms with E-state index in [2.05, 4.69) is 15.2 Å². The molecule has 1 aliphatic rings. The number of hydrogen-bond donors (Lipinski definition) is 2. The first kappa shape index (κ1) is 12.9. The highest BCUT2D eigenvalue weighted by atomic mass is 16.4. The van der Waals surface area contributed by atoms with E-state index >= 15 is 0 Å². The van der Waals surface area contributed by atoms with E-state index in [-0.39, 0.29) is 0 Å². The molecule has 1 aromatic heterocycles. The fourth-order valence-electron chi connectivity index (χ4n) is 2.64. The van der Waals surface area contributed by atoms with Gasteiger partial charge in [-0.15, -0.1) is 0 Å².